The zero-order chi connectivity index (χ0) is 14.0. The second-order valence-corrected chi connectivity index (χ2v) is 5.96. The Labute approximate surface area is 117 Å². The van der Waals surface area contributed by atoms with Crippen molar-refractivity contribution in [2.75, 3.05) is 0 Å². The van der Waals surface area contributed by atoms with Crippen LogP contribution in [0, 0.1) is 25.2 Å². The molecule has 0 unspecified atom stereocenters. The number of pyridine rings is 1. The lowest BCUT2D eigenvalue weighted by atomic mass is 10.2. The lowest BCUT2D eigenvalue weighted by Gasteiger charge is -2.02. The molecule has 0 atom stereocenters. The second kappa shape index (κ2) is 5.38. The molecule has 0 bridgehead atoms. The quantitative estimate of drug-likeness (QED) is 0.935. The van der Waals surface area contributed by atoms with Crippen molar-refractivity contribution in [1.29, 1.82) is 5.26 Å². The summed E-state index contributed by atoms with van der Waals surface area (Å²) in [5.41, 5.74) is 1.81. The SMILES string of the molecule is Cc1ccnc(Sc2nc(C)c(C(=O)O)s2)c1C#N. The Hall–Kier alpha value is -1.91. The molecule has 0 radical (unpaired) electrons. The molecular formula is C12H9N3O2S2. The van der Waals surface area contributed by atoms with Crippen molar-refractivity contribution in [2.24, 2.45) is 0 Å². The molecule has 2 rings (SSSR count). The van der Waals surface area contributed by atoms with E-state index < -0.39 is 5.97 Å². The van der Waals surface area contributed by atoms with Gasteiger partial charge in [-0.3, -0.25) is 0 Å². The van der Waals surface area contributed by atoms with E-state index in [2.05, 4.69) is 16.0 Å². The molecular weight excluding hydrogens is 282 g/mol. The molecule has 0 aliphatic carbocycles. The Morgan fingerprint density at radius 3 is 2.84 bits per heavy atom. The van der Waals surface area contributed by atoms with E-state index in [9.17, 15) is 4.79 Å². The van der Waals surface area contributed by atoms with Crippen LogP contribution in [0.2, 0.25) is 0 Å². The van der Waals surface area contributed by atoms with E-state index in [-0.39, 0.29) is 4.88 Å². The number of carboxylic acid groups (broad SMARTS) is 1. The smallest absolute Gasteiger partial charge is 0.347 e. The molecule has 0 aliphatic rings. The van der Waals surface area contributed by atoms with Gasteiger partial charge in [-0.15, -0.1) is 0 Å². The maximum absolute atomic E-state index is 11.0. The predicted molar refractivity (Wildman–Crippen MR) is 71.6 cm³/mol. The third kappa shape index (κ3) is 2.75. The van der Waals surface area contributed by atoms with Crippen molar-refractivity contribution in [3.63, 3.8) is 0 Å². The Kier molecular flexibility index (Phi) is 3.83. The van der Waals surface area contributed by atoms with E-state index in [0.717, 1.165) is 16.9 Å². The average Bonchev–Trinajstić information content (AvgIpc) is 2.71. The number of aromatic nitrogens is 2. The van der Waals surface area contributed by atoms with Crippen molar-refractivity contribution < 1.29 is 9.90 Å². The summed E-state index contributed by atoms with van der Waals surface area (Å²) in [6.45, 7) is 3.49. The van der Waals surface area contributed by atoms with E-state index in [0.29, 0.717) is 20.6 Å². The predicted octanol–water partition coefficient (Wildman–Crippen LogP) is 2.88. The number of hydrogen-bond acceptors (Lipinski definition) is 6. The first-order valence-corrected chi connectivity index (χ1v) is 6.90. The van der Waals surface area contributed by atoms with Crippen molar-refractivity contribution in [3.05, 3.63) is 34.0 Å². The maximum Gasteiger partial charge on any atom is 0.347 e. The third-order valence-corrected chi connectivity index (χ3v) is 4.60. The molecule has 19 heavy (non-hydrogen) atoms. The number of rotatable bonds is 3. The van der Waals surface area contributed by atoms with Crippen molar-refractivity contribution in [1.82, 2.24) is 9.97 Å². The number of hydrogen-bond donors (Lipinski definition) is 1. The summed E-state index contributed by atoms with van der Waals surface area (Å²) in [5.74, 6) is -0.987. The van der Waals surface area contributed by atoms with E-state index in [4.69, 9.17) is 10.4 Å². The number of carbonyl (C=O) groups is 1. The molecule has 0 spiro atoms. The summed E-state index contributed by atoms with van der Waals surface area (Å²) >= 11 is 2.31. The van der Waals surface area contributed by atoms with Crippen LogP contribution in [-0.4, -0.2) is 21.0 Å². The molecule has 0 aromatic carbocycles. The molecule has 5 nitrogen and oxygen atoms in total. The molecule has 0 fully saturated rings. The molecule has 2 heterocycles. The summed E-state index contributed by atoms with van der Waals surface area (Å²) in [7, 11) is 0. The molecule has 0 saturated carbocycles. The Balaban J connectivity index is 2.37. The standard InChI is InChI=1S/C12H9N3O2S2/c1-6-3-4-14-10(8(6)5-13)19-12-15-7(2)9(18-12)11(16)17/h3-4H,1-2H3,(H,16,17). The first-order chi connectivity index (χ1) is 9.02. The van der Waals surface area contributed by atoms with Gasteiger partial charge in [-0.25, -0.2) is 14.8 Å². The lowest BCUT2D eigenvalue weighted by molar-refractivity contribution is 0.0701. The molecule has 7 heteroatoms. The second-order valence-electron chi connectivity index (χ2n) is 3.72. The average molecular weight is 291 g/mol. The van der Waals surface area contributed by atoms with Gasteiger partial charge in [0.05, 0.1) is 11.3 Å². The van der Waals surface area contributed by atoms with Crippen LogP contribution in [0.1, 0.15) is 26.5 Å². The van der Waals surface area contributed by atoms with Crippen molar-refractivity contribution >= 4 is 29.1 Å². The number of thiazole rings is 1. The Bertz CT molecular complexity index is 689. The topological polar surface area (TPSA) is 86.9 Å². The number of nitrogens with zero attached hydrogens (tertiary/aromatic N) is 3. The van der Waals surface area contributed by atoms with Crippen LogP contribution in [0.3, 0.4) is 0 Å². The van der Waals surface area contributed by atoms with Gasteiger partial charge in [0.25, 0.3) is 0 Å². The Morgan fingerprint density at radius 1 is 1.53 bits per heavy atom. The summed E-state index contributed by atoms with van der Waals surface area (Å²) < 4.78 is 0.574. The summed E-state index contributed by atoms with van der Waals surface area (Å²) in [4.78, 5) is 19.5. The molecule has 2 aromatic rings. The van der Waals surface area contributed by atoms with Gasteiger partial charge in [0.15, 0.2) is 4.34 Å². The van der Waals surface area contributed by atoms with Crippen molar-refractivity contribution in [3.8, 4) is 6.07 Å². The number of nitriles is 1. The fraction of sp³-hybridized carbons (Fsp3) is 0.167. The highest BCUT2D eigenvalue weighted by Gasteiger charge is 2.16. The fourth-order valence-electron chi connectivity index (χ4n) is 1.44. The normalized spacial score (nSPS) is 10.2. The molecule has 96 valence electrons. The maximum atomic E-state index is 11.0. The van der Waals surface area contributed by atoms with E-state index in [1.54, 1.807) is 19.2 Å². The highest BCUT2D eigenvalue weighted by molar-refractivity contribution is 8.01. The van der Waals surface area contributed by atoms with Crippen LogP contribution in [-0.2, 0) is 0 Å². The summed E-state index contributed by atoms with van der Waals surface area (Å²) in [5, 5.41) is 18.6. The van der Waals surface area contributed by atoms with Crippen LogP contribution < -0.4 is 0 Å². The van der Waals surface area contributed by atoms with Gasteiger partial charge >= 0.3 is 5.97 Å². The minimum atomic E-state index is -0.987. The van der Waals surface area contributed by atoms with Crippen LogP contribution in [0.25, 0.3) is 0 Å². The van der Waals surface area contributed by atoms with Gasteiger partial charge in [0.2, 0.25) is 0 Å². The summed E-state index contributed by atoms with van der Waals surface area (Å²) in [6.07, 6.45) is 1.62. The Morgan fingerprint density at radius 2 is 2.26 bits per heavy atom. The molecule has 0 amide bonds. The van der Waals surface area contributed by atoms with Gasteiger partial charge in [-0.2, -0.15) is 5.26 Å². The number of aromatic carboxylic acids is 1. The monoisotopic (exact) mass is 291 g/mol. The van der Waals surface area contributed by atoms with E-state index in [1.165, 1.54) is 11.8 Å². The van der Waals surface area contributed by atoms with Gasteiger partial charge in [0.1, 0.15) is 16.0 Å². The molecule has 2 aromatic heterocycles. The largest absolute Gasteiger partial charge is 0.477 e. The fourth-order valence-corrected chi connectivity index (χ4v) is 3.50. The highest BCUT2D eigenvalue weighted by Crippen LogP contribution is 2.34. The van der Waals surface area contributed by atoms with Gasteiger partial charge < -0.3 is 5.11 Å². The summed E-state index contributed by atoms with van der Waals surface area (Å²) in [6, 6.07) is 3.87. The zero-order valence-electron chi connectivity index (χ0n) is 10.2. The lowest BCUT2D eigenvalue weighted by Crippen LogP contribution is -1.94. The van der Waals surface area contributed by atoms with Gasteiger partial charge in [-0.1, -0.05) is 11.3 Å². The van der Waals surface area contributed by atoms with Crippen LogP contribution in [0.15, 0.2) is 21.6 Å². The van der Waals surface area contributed by atoms with Gasteiger partial charge in [0, 0.05) is 6.20 Å². The molecule has 1 N–H and O–H groups in total. The first kappa shape index (κ1) is 13.5. The number of carboxylic acids is 1. The molecule has 0 aliphatic heterocycles. The highest BCUT2D eigenvalue weighted by atomic mass is 32.2. The van der Waals surface area contributed by atoms with E-state index >= 15 is 0 Å². The van der Waals surface area contributed by atoms with E-state index in [1.807, 2.05) is 6.92 Å². The van der Waals surface area contributed by atoms with Crippen LogP contribution in [0.4, 0.5) is 0 Å². The number of aryl methyl sites for hydroxylation is 2. The van der Waals surface area contributed by atoms with Crippen molar-refractivity contribution in [2.45, 2.75) is 23.2 Å². The minimum absolute atomic E-state index is 0.216. The van der Waals surface area contributed by atoms with Gasteiger partial charge in [-0.05, 0) is 37.2 Å². The van der Waals surface area contributed by atoms with Crippen LogP contribution >= 0.6 is 23.1 Å². The molecule has 0 saturated heterocycles. The minimum Gasteiger partial charge on any atom is -0.477 e. The third-order valence-electron chi connectivity index (χ3n) is 2.39. The van der Waals surface area contributed by atoms with Crippen LogP contribution in [0.5, 0.6) is 0 Å². The first-order valence-electron chi connectivity index (χ1n) is 5.27. The zero-order valence-corrected chi connectivity index (χ0v) is 11.8.